The van der Waals surface area contributed by atoms with Crippen molar-refractivity contribution in [2.24, 2.45) is 0 Å². The minimum absolute atomic E-state index is 0.150. The minimum atomic E-state index is -3.46. The lowest BCUT2D eigenvalue weighted by molar-refractivity contribution is -0.168. The summed E-state index contributed by atoms with van der Waals surface area (Å²) < 4.78 is 36.6. The monoisotopic (exact) mass is 509 g/mol. The third-order valence-corrected chi connectivity index (χ3v) is 7.33. The van der Waals surface area contributed by atoms with Crippen molar-refractivity contribution in [2.45, 2.75) is 69.6 Å². The number of aryl methyl sites for hydroxylation is 1. The second-order valence-corrected chi connectivity index (χ2v) is 10.6. The molecule has 1 saturated carbocycles. The number of benzene rings is 1. The van der Waals surface area contributed by atoms with Gasteiger partial charge in [0.15, 0.2) is 0 Å². The van der Waals surface area contributed by atoms with Crippen molar-refractivity contribution in [3.63, 3.8) is 0 Å². The van der Waals surface area contributed by atoms with Crippen molar-refractivity contribution in [3.05, 3.63) is 63.3 Å². The van der Waals surface area contributed by atoms with E-state index in [1.54, 1.807) is 24.5 Å². The number of nitrogens with one attached hydrogen (secondary N) is 1. The predicted molar refractivity (Wildman–Crippen MR) is 134 cm³/mol. The number of fused-ring (bicyclic) bond motifs is 1. The Bertz CT molecular complexity index is 1480. The summed E-state index contributed by atoms with van der Waals surface area (Å²) in [6.45, 7) is 6.43. The van der Waals surface area contributed by atoms with Crippen molar-refractivity contribution in [1.82, 2.24) is 14.5 Å². The first-order valence-electron chi connectivity index (χ1n) is 12.3. The molecule has 2 aromatic heterocycles. The first-order valence-corrected chi connectivity index (χ1v) is 12.3. The van der Waals surface area contributed by atoms with E-state index in [9.17, 15) is 23.9 Å². The molecule has 3 aromatic rings. The smallest absolute Gasteiger partial charge is 0.300 e. The molecule has 0 unspecified atom stereocenters. The summed E-state index contributed by atoms with van der Waals surface area (Å²) in [7, 11) is 0. The topological polar surface area (TPSA) is 113 Å². The largest absolute Gasteiger partial charge is 0.384 e. The first kappa shape index (κ1) is 25.2. The van der Waals surface area contributed by atoms with Crippen molar-refractivity contribution < 1.29 is 18.6 Å². The van der Waals surface area contributed by atoms with Gasteiger partial charge in [0, 0.05) is 17.3 Å². The minimum Gasteiger partial charge on any atom is -0.384 e. The molecule has 1 aromatic carbocycles. The van der Waals surface area contributed by atoms with E-state index in [-0.39, 0.29) is 22.7 Å². The van der Waals surface area contributed by atoms with Gasteiger partial charge in [-0.15, -0.1) is 0 Å². The summed E-state index contributed by atoms with van der Waals surface area (Å²) in [6.07, 6.45) is 1.33. The summed E-state index contributed by atoms with van der Waals surface area (Å²) in [6, 6.07) is 9.46. The van der Waals surface area contributed by atoms with Crippen LogP contribution in [-0.2, 0) is 16.1 Å². The Morgan fingerprint density at radius 2 is 1.97 bits per heavy atom. The van der Waals surface area contributed by atoms with Gasteiger partial charge in [-0.25, -0.2) is 9.97 Å². The van der Waals surface area contributed by atoms with E-state index in [0.29, 0.717) is 54.3 Å². The number of ether oxygens (including phenoxy) is 1. The van der Waals surface area contributed by atoms with Gasteiger partial charge in [-0.3, -0.25) is 4.79 Å². The molecule has 0 bridgehead atoms. The Morgan fingerprint density at radius 1 is 1.27 bits per heavy atom. The van der Waals surface area contributed by atoms with Crippen LogP contribution in [0.5, 0.6) is 0 Å². The standard InChI is InChI=1S/C27H29F2N5O3/c1-15(17-6-5-7-18(10-17)27(28,29)25(3,4)36)31-23-20-11-21(26(14-30)8-9-26)34(19-12-37-13-19)24(35)22(20)32-16(2)33-23/h5-7,10-11,15,19,36H,8-9,12-13H2,1-4H3,(H,31,32,33)/t15-/m1/s1. The van der Waals surface area contributed by atoms with Gasteiger partial charge in [0.05, 0.1) is 36.1 Å². The van der Waals surface area contributed by atoms with Crippen molar-refractivity contribution in [3.8, 4) is 6.07 Å². The summed E-state index contributed by atoms with van der Waals surface area (Å²) >= 11 is 0. The molecule has 2 N–H and O–H groups in total. The van der Waals surface area contributed by atoms with E-state index in [4.69, 9.17) is 4.74 Å². The van der Waals surface area contributed by atoms with Gasteiger partial charge in [-0.2, -0.15) is 14.0 Å². The number of hydrogen-bond acceptors (Lipinski definition) is 7. The molecule has 5 rings (SSSR count). The number of aromatic nitrogens is 3. The Balaban J connectivity index is 1.59. The molecule has 0 amide bonds. The van der Waals surface area contributed by atoms with Gasteiger partial charge in [-0.05, 0) is 58.2 Å². The predicted octanol–water partition coefficient (Wildman–Crippen LogP) is 4.26. The molecular formula is C27H29F2N5O3. The summed E-state index contributed by atoms with van der Waals surface area (Å²) in [5.41, 5.74) is -2.13. The van der Waals surface area contributed by atoms with E-state index in [1.807, 2.05) is 6.07 Å². The van der Waals surface area contributed by atoms with Crippen molar-refractivity contribution in [2.75, 3.05) is 18.5 Å². The Morgan fingerprint density at radius 3 is 2.54 bits per heavy atom. The number of alkyl halides is 2. The summed E-state index contributed by atoms with van der Waals surface area (Å²) in [5, 5.41) is 23.6. The van der Waals surface area contributed by atoms with Crippen molar-refractivity contribution in [1.29, 1.82) is 5.26 Å². The van der Waals surface area contributed by atoms with Gasteiger partial charge < -0.3 is 19.7 Å². The van der Waals surface area contributed by atoms with Crippen LogP contribution < -0.4 is 10.9 Å². The number of hydrogen-bond donors (Lipinski definition) is 2. The van der Waals surface area contributed by atoms with Crippen LogP contribution in [0.2, 0.25) is 0 Å². The summed E-state index contributed by atoms with van der Waals surface area (Å²) in [5.74, 6) is -2.69. The van der Waals surface area contributed by atoms with E-state index >= 15 is 0 Å². The van der Waals surface area contributed by atoms with Crippen LogP contribution in [0.3, 0.4) is 0 Å². The van der Waals surface area contributed by atoms with E-state index in [1.165, 1.54) is 18.2 Å². The van der Waals surface area contributed by atoms with Crippen LogP contribution in [0.15, 0.2) is 35.1 Å². The number of pyridine rings is 1. The third kappa shape index (κ3) is 4.16. The van der Waals surface area contributed by atoms with Gasteiger partial charge in [0.25, 0.3) is 5.56 Å². The zero-order valence-corrected chi connectivity index (χ0v) is 21.2. The highest BCUT2D eigenvalue weighted by Gasteiger charge is 2.49. The second-order valence-electron chi connectivity index (χ2n) is 10.6. The number of rotatable bonds is 7. The zero-order chi connectivity index (χ0) is 26.8. The Kier molecular flexibility index (Phi) is 5.84. The highest BCUT2D eigenvalue weighted by atomic mass is 19.3. The molecule has 37 heavy (non-hydrogen) atoms. The highest BCUT2D eigenvalue weighted by molar-refractivity contribution is 5.89. The van der Waals surface area contributed by atoms with Crippen LogP contribution >= 0.6 is 0 Å². The molecule has 1 aliphatic heterocycles. The number of anilines is 1. The fraction of sp³-hybridized carbons (Fsp3) is 0.481. The fourth-order valence-electron chi connectivity index (χ4n) is 4.72. The van der Waals surface area contributed by atoms with Crippen LogP contribution in [0.4, 0.5) is 14.6 Å². The van der Waals surface area contributed by atoms with Gasteiger partial charge in [0.2, 0.25) is 0 Å². The van der Waals surface area contributed by atoms with Crippen LogP contribution in [0.25, 0.3) is 10.9 Å². The molecule has 8 nitrogen and oxygen atoms in total. The van der Waals surface area contributed by atoms with Crippen molar-refractivity contribution >= 4 is 16.7 Å². The Labute approximate surface area is 212 Å². The molecule has 2 aliphatic rings. The summed E-state index contributed by atoms with van der Waals surface area (Å²) in [4.78, 5) is 22.6. The molecule has 194 valence electrons. The lowest BCUT2D eigenvalue weighted by Crippen LogP contribution is -2.41. The highest BCUT2D eigenvalue weighted by Crippen LogP contribution is 2.49. The first-order chi connectivity index (χ1) is 17.4. The van der Waals surface area contributed by atoms with Crippen LogP contribution in [0.1, 0.15) is 68.3 Å². The number of nitrogens with zero attached hydrogens (tertiary/aromatic N) is 4. The normalized spacial score (nSPS) is 18.2. The number of aliphatic hydroxyl groups is 1. The molecule has 0 spiro atoms. The maximum Gasteiger partial charge on any atom is 0.300 e. The van der Waals surface area contributed by atoms with Gasteiger partial charge in [0.1, 0.15) is 22.8 Å². The SMILES string of the molecule is Cc1nc(N[C@H](C)c2cccc(C(F)(F)C(C)(C)O)c2)c2cc(C3(C#N)CC3)n(C3COC3)c(=O)c2n1. The average Bonchev–Trinajstić information content (AvgIpc) is 3.60. The maximum absolute atomic E-state index is 14.8. The third-order valence-electron chi connectivity index (χ3n) is 7.33. The van der Waals surface area contributed by atoms with Crippen LogP contribution in [-0.4, -0.2) is 38.5 Å². The molecule has 1 aliphatic carbocycles. The quantitative estimate of drug-likeness (QED) is 0.489. The number of nitriles is 1. The lowest BCUT2D eigenvalue weighted by atomic mass is 9.91. The van der Waals surface area contributed by atoms with Gasteiger partial charge >= 0.3 is 5.92 Å². The molecule has 1 saturated heterocycles. The zero-order valence-electron chi connectivity index (χ0n) is 21.2. The molecular weight excluding hydrogens is 480 g/mol. The molecule has 0 radical (unpaired) electrons. The molecule has 3 heterocycles. The van der Waals surface area contributed by atoms with Gasteiger partial charge in [-0.1, -0.05) is 18.2 Å². The van der Waals surface area contributed by atoms with E-state index < -0.39 is 23.0 Å². The average molecular weight is 510 g/mol. The lowest BCUT2D eigenvalue weighted by Gasteiger charge is -2.31. The fourth-order valence-corrected chi connectivity index (χ4v) is 4.72. The van der Waals surface area contributed by atoms with Crippen LogP contribution in [0, 0.1) is 18.3 Å². The second kappa shape index (κ2) is 8.57. The van der Waals surface area contributed by atoms with E-state index in [0.717, 1.165) is 13.8 Å². The number of halogens is 2. The maximum atomic E-state index is 14.8. The van der Waals surface area contributed by atoms with E-state index in [2.05, 4.69) is 21.4 Å². The molecule has 1 atom stereocenters. The molecule has 10 heteroatoms. The molecule has 2 fully saturated rings. The Hall–Kier alpha value is -3.42.